The number of carbonyl (C=O) groups is 2. The number of ether oxygens (including phenoxy) is 2. The highest BCUT2D eigenvalue weighted by Gasteiger charge is 2.23. The van der Waals surface area contributed by atoms with E-state index in [1.54, 1.807) is 4.57 Å². The second-order valence-electron chi connectivity index (χ2n) is 13.3. The first kappa shape index (κ1) is 40.2. The van der Waals surface area contributed by atoms with Gasteiger partial charge in [-0.25, -0.2) is 4.98 Å². The molecule has 0 aliphatic carbocycles. The topological polar surface area (TPSA) is 168 Å². The van der Waals surface area contributed by atoms with Gasteiger partial charge in [0.15, 0.2) is 11.2 Å². The van der Waals surface area contributed by atoms with E-state index in [1.165, 1.54) is 96.2 Å². The summed E-state index contributed by atoms with van der Waals surface area (Å²) < 4.78 is 12.9. The van der Waals surface area contributed by atoms with Crippen molar-refractivity contribution in [1.29, 1.82) is 0 Å². The zero-order chi connectivity index (χ0) is 34.3. The van der Waals surface area contributed by atoms with Crippen molar-refractivity contribution in [3.8, 4) is 0 Å². The Morgan fingerprint density at radius 1 is 0.851 bits per heavy atom. The van der Waals surface area contributed by atoms with Crippen LogP contribution < -0.4 is 17.0 Å². The molecule has 0 spiro atoms. The van der Waals surface area contributed by atoms with Crippen molar-refractivity contribution in [3.05, 3.63) is 16.7 Å². The predicted octanol–water partition coefficient (Wildman–Crippen LogP) is 7.21. The summed E-state index contributed by atoms with van der Waals surface area (Å²) in [5.41, 5.74) is 11.9. The number of nitrogen functional groups attached to an aromatic ring is 1. The number of fused-ring (bicyclic) bond motifs is 1. The van der Waals surface area contributed by atoms with Crippen LogP contribution in [0.4, 0.5) is 5.95 Å². The Bertz CT molecular complexity index is 1200. The van der Waals surface area contributed by atoms with Gasteiger partial charge in [-0.2, -0.15) is 4.98 Å². The van der Waals surface area contributed by atoms with E-state index in [2.05, 4.69) is 21.9 Å². The molecular weight excluding hydrogens is 596 g/mol. The summed E-state index contributed by atoms with van der Waals surface area (Å²) in [5, 5.41) is 0. The number of unbranched alkanes of at least 4 members (excludes halogenated alkanes) is 16. The van der Waals surface area contributed by atoms with Gasteiger partial charge < -0.3 is 25.5 Å². The Hall–Kier alpha value is -2.95. The largest absolute Gasteiger partial charge is 0.465 e. The summed E-state index contributed by atoms with van der Waals surface area (Å²) in [6, 6.07) is -0.709. The van der Waals surface area contributed by atoms with Crippen molar-refractivity contribution in [2.75, 3.05) is 18.9 Å². The smallest absolute Gasteiger partial charge is 0.323 e. The summed E-state index contributed by atoms with van der Waals surface area (Å²) in [4.78, 5) is 48.0. The summed E-state index contributed by atoms with van der Waals surface area (Å²) in [6.45, 7) is 6.76. The van der Waals surface area contributed by atoms with Crippen LogP contribution in [0.25, 0.3) is 11.2 Å². The third kappa shape index (κ3) is 16.6. The molecule has 0 saturated carbocycles. The number of aryl methyl sites for hydroxylation is 1. The van der Waals surface area contributed by atoms with Gasteiger partial charge in [0, 0.05) is 18.9 Å². The summed E-state index contributed by atoms with van der Waals surface area (Å²) in [5.74, 6) is -0.970. The molecule has 47 heavy (non-hydrogen) atoms. The number of hydrogen-bond donors (Lipinski definition) is 3. The second-order valence-corrected chi connectivity index (χ2v) is 13.3. The van der Waals surface area contributed by atoms with Gasteiger partial charge in [-0.1, -0.05) is 130 Å². The van der Waals surface area contributed by atoms with Crippen LogP contribution in [0, 0.1) is 11.8 Å². The first-order chi connectivity index (χ1) is 22.8. The van der Waals surface area contributed by atoms with E-state index in [0.717, 1.165) is 25.7 Å². The normalized spacial score (nSPS) is 13.4. The Kier molecular flexibility index (Phi) is 20.7. The third-order valence-corrected chi connectivity index (χ3v) is 9.23. The van der Waals surface area contributed by atoms with Gasteiger partial charge in [0.05, 0.1) is 19.5 Å². The maximum Gasteiger partial charge on any atom is 0.323 e. The van der Waals surface area contributed by atoms with E-state index >= 15 is 0 Å². The number of hydrogen-bond acceptors (Lipinski definition) is 9. The highest BCUT2D eigenvalue weighted by Crippen LogP contribution is 2.16. The maximum atomic E-state index is 12.5. The predicted molar refractivity (Wildman–Crippen MR) is 189 cm³/mol. The molecule has 0 saturated heterocycles. The van der Waals surface area contributed by atoms with Crippen molar-refractivity contribution in [3.63, 3.8) is 0 Å². The minimum Gasteiger partial charge on any atom is -0.465 e. The van der Waals surface area contributed by atoms with Crippen molar-refractivity contribution in [1.82, 2.24) is 19.5 Å². The van der Waals surface area contributed by atoms with Gasteiger partial charge in [0.2, 0.25) is 5.95 Å². The second kappa shape index (κ2) is 24.2. The molecule has 2 aromatic rings. The van der Waals surface area contributed by atoms with E-state index < -0.39 is 17.6 Å². The lowest BCUT2D eigenvalue weighted by atomic mass is 10.0. The zero-order valence-corrected chi connectivity index (χ0v) is 29.6. The lowest BCUT2D eigenvalue weighted by molar-refractivity contribution is -0.151. The number of nitrogens with one attached hydrogen (secondary N) is 1. The molecule has 0 bridgehead atoms. The molecule has 2 heterocycles. The van der Waals surface area contributed by atoms with Crippen molar-refractivity contribution < 1.29 is 19.1 Å². The monoisotopic (exact) mass is 660 g/mol. The van der Waals surface area contributed by atoms with Crippen LogP contribution >= 0.6 is 0 Å². The van der Waals surface area contributed by atoms with Gasteiger partial charge in [0.1, 0.15) is 6.04 Å². The number of aromatic nitrogens is 4. The van der Waals surface area contributed by atoms with E-state index in [1.807, 2.05) is 13.8 Å². The molecule has 0 aliphatic rings. The molecule has 3 atom stereocenters. The van der Waals surface area contributed by atoms with Gasteiger partial charge in [-0.05, 0) is 18.8 Å². The molecule has 5 N–H and O–H groups in total. The molecule has 0 aromatic carbocycles. The summed E-state index contributed by atoms with van der Waals surface area (Å²) >= 11 is 0. The zero-order valence-electron chi connectivity index (χ0n) is 29.6. The molecule has 0 aliphatic heterocycles. The Balaban J connectivity index is 1.64. The van der Waals surface area contributed by atoms with Crippen LogP contribution in [0.3, 0.4) is 0 Å². The Morgan fingerprint density at radius 3 is 1.94 bits per heavy atom. The molecular formula is C36H64N6O5. The van der Waals surface area contributed by atoms with E-state index in [4.69, 9.17) is 20.9 Å². The molecule has 0 fully saturated rings. The van der Waals surface area contributed by atoms with Gasteiger partial charge in [0.25, 0.3) is 5.56 Å². The lowest BCUT2D eigenvalue weighted by Gasteiger charge is -2.21. The third-order valence-electron chi connectivity index (χ3n) is 9.23. The quantitative estimate of drug-likeness (QED) is 0.0631. The SMILES string of the molecule is CCCCCCCCCCCCCCCCCCCC(=O)OCC(CCn1cnc2c(=O)[nH]c(N)nc21)COC(=O)[C@@H](N)[C@@H](C)CC. The minimum absolute atomic E-state index is 0.00439. The van der Waals surface area contributed by atoms with Crippen LogP contribution in [0.1, 0.15) is 149 Å². The highest BCUT2D eigenvalue weighted by molar-refractivity contribution is 5.75. The number of carbonyl (C=O) groups excluding carboxylic acids is 2. The number of imidazole rings is 1. The van der Waals surface area contributed by atoms with Crippen molar-refractivity contribution in [2.45, 2.75) is 162 Å². The summed E-state index contributed by atoms with van der Waals surface area (Å²) in [7, 11) is 0. The molecule has 268 valence electrons. The molecule has 11 heteroatoms. The van der Waals surface area contributed by atoms with Gasteiger partial charge in [-0.15, -0.1) is 0 Å². The number of rotatable bonds is 28. The standard InChI is InChI=1S/C36H64N6O5/c1-4-6-7-8-9-10-11-12-13-14-15-16-17-18-19-20-21-22-30(43)46-25-29(26-47-35(45)31(37)28(3)5-2)23-24-42-27-39-32-33(42)40-36(38)41-34(32)44/h27-29,31H,4-26,37H2,1-3H3,(H3,38,40,41,44)/t28-,29?,31-/m0/s1. The van der Waals surface area contributed by atoms with Crippen LogP contribution in [0.5, 0.6) is 0 Å². The highest BCUT2D eigenvalue weighted by atomic mass is 16.5. The van der Waals surface area contributed by atoms with Crippen LogP contribution in [-0.2, 0) is 25.6 Å². The number of esters is 2. The first-order valence-electron chi connectivity index (χ1n) is 18.5. The van der Waals surface area contributed by atoms with E-state index in [9.17, 15) is 14.4 Å². The maximum absolute atomic E-state index is 12.5. The number of H-pyrrole nitrogens is 1. The van der Waals surface area contributed by atoms with Gasteiger partial charge >= 0.3 is 11.9 Å². The number of aromatic amines is 1. The molecule has 11 nitrogen and oxygen atoms in total. The number of nitrogens with zero attached hydrogens (tertiary/aromatic N) is 3. The Morgan fingerprint density at radius 2 is 1.38 bits per heavy atom. The van der Waals surface area contributed by atoms with Crippen molar-refractivity contribution in [2.24, 2.45) is 17.6 Å². The van der Waals surface area contributed by atoms with E-state index in [0.29, 0.717) is 25.0 Å². The van der Waals surface area contributed by atoms with Crippen LogP contribution in [0.15, 0.2) is 11.1 Å². The average Bonchev–Trinajstić information content (AvgIpc) is 3.47. The molecule has 0 radical (unpaired) electrons. The Labute approximate surface area is 282 Å². The van der Waals surface area contributed by atoms with Crippen LogP contribution in [0.2, 0.25) is 0 Å². The average molecular weight is 661 g/mol. The molecule has 0 amide bonds. The fourth-order valence-electron chi connectivity index (χ4n) is 5.73. The van der Waals surface area contributed by atoms with Crippen LogP contribution in [-0.4, -0.2) is 50.7 Å². The fraction of sp³-hybridized carbons (Fsp3) is 0.806. The fourth-order valence-corrected chi connectivity index (χ4v) is 5.73. The first-order valence-corrected chi connectivity index (χ1v) is 18.5. The molecule has 2 rings (SSSR count). The minimum atomic E-state index is -0.709. The molecule has 2 aromatic heterocycles. The molecule has 1 unspecified atom stereocenters. The van der Waals surface area contributed by atoms with Gasteiger partial charge in [-0.3, -0.25) is 19.4 Å². The lowest BCUT2D eigenvalue weighted by Crippen LogP contribution is -2.39. The van der Waals surface area contributed by atoms with E-state index in [-0.39, 0.29) is 42.5 Å². The summed E-state index contributed by atoms with van der Waals surface area (Å²) in [6.07, 6.45) is 25.1. The number of anilines is 1. The number of nitrogens with two attached hydrogens (primary N) is 2. The van der Waals surface area contributed by atoms with Crippen molar-refractivity contribution >= 4 is 29.1 Å².